The van der Waals surface area contributed by atoms with Crippen LogP contribution in [0.3, 0.4) is 0 Å². The number of benzene rings is 4. The van der Waals surface area contributed by atoms with Gasteiger partial charge in [-0.2, -0.15) is 5.10 Å². The van der Waals surface area contributed by atoms with E-state index in [0.717, 1.165) is 38.8 Å². The van der Waals surface area contributed by atoms with Crippen LogP contribution in [0.4, 0.5) is 4.39 Å². The normalized spacial score (nSPS) is 11.5. The van der Waals surface area contributed by atoms with Gasteiger partial charge in [0.15, 0.2) is 0 Å². The molecule has 0 aliphatic carbocycles. The van der Waals surface area contributed by atoms with E-state index in [1.807, 2.05) is 30.3 Å². The number of aromatic amines is 2. The van der Waals surface area contributed by atoms with Crippen LogP contribution in [0, 0.1) is 26.6 Å². The first-order chi connectivity index (χ1) is 16.5. The Bertz CT molecular complexity index is 1700. The van der Waals surface area contributed by atoms with Gasteiger partial charge in [0.05, 0.1) is 11.2 Å². The van der Waals surface area contributed by atoms with Crippen LogP contribution >= 0.6 is 0 Å². The Morgan fingerprint density at radius 2 is 1.44 bits per heavy atom. The second kappa shape index (κ2) is 7.70. The fourth-order valence-electron chi connectivity index (χ4n) is 4.89. The van der Waals surface area contributed by atoms with Gasteiger partial charge in [0.1, 0.15) is 11.5 Å². The Morgan fingerprint density at radius 1 is 0.647 bits per heavy atom. The predicted octanol–water partition coefficient (Wildman–Crippen LogP) is 8.11. The molecule has 6 aromatic rings. The van der Waals surface area contributed by atoms with E-state index in [2.05, 4.69) is 72.4 Å². The number of hydrogen-bond acceptors (Lipinski definition) is 1. The molecule has 4 aromatic carbocycles. The summed E-state index contributed by atoms with van der Waals surface area (Å²) in [6.45, 7) is 6.41. The van der Waals surface area contributed by atoms with Gasteiger partial charge in [-0.25, -0.2) is 4.39 Å². The van der Waals surface area contributed by atoms with Crippen molar-refractivity contribution < 1.29 is 4.39 Å². The molecule has 6 rings (SSSR count). The van der Waals surface area contributed by atoms with Gasteiger partial charge in [0.2, 0.25) is 0 Å². The molecular weight excluding hydrogens is 421 g/mol. The summed E-state index contributed by atoms with van der Waals surface area (Å²) in [5.74, 6) is -0.225. The van der Waals surface area contributed by atoms with Crippen LogP contribution in [-0.2, 0) is 0 Å². The molecule has 0 spiro atoms. The maximum Gasteiger partial charge on any atom is 0.131 e. The van der Waals surface area contributed by atoms with Gasteiger partial charge in [-0.3, -0.25) is 5.10 Å². The minimum atomic E-state index is -0.225. The minimum absolute atomic E-state index is 0.225. The molecule has 2 aromatic heterocycles. The van der Waals surface area contributed by atoms with Gasteiger partial charge in [0.25, 0.3) is 0 Å². The van der Waals surface area contributed by atoms with Gasteiger partial charge in [-0.05, 0) is 78.9 Å². The molecule has 2 heterocycles. The summed E-state index contributed by atoms with van der Waals surface area (Å²) < 4.78 is 14.6. The number of halogens is 1. The first-order valence-corrected chi connectivity index (χ1v) is 11.4. The van der Waals surface area contributed by atoms with E-state index >= 15 is 0 Å². The lowest BCUT2D eigenvalue weighted by atomic mass is 9.93. The quantitative estimate of drug-likeness (QED) is 0.284. The van der Waals surface area contributed by atoms with Crippen molar-refractivity contribution in [3.63, 3.8) is 0 Å². The minimum Gasteiger partial charge on any atom is -0.353 e. The molecule has 0 atom stereocenters. The zero-order valence-electron chi connectivity index (χ0n) is 19.3. The van der Waals surface area contributed by atoms with Crippen molar-refractivity contribution in [1.82, 2.24) is 15.2 Å². The van der Waals surface area contributed by atoms with Gasteiger partial charge in [-0.15, -0.1) is 0 Å². The molecule has 0 radical (unpaired) electrons. The number of nitrogens with one attached hydrogen (secondary N) is 2. The Balaban J connectivity index is 1.55. The fraction of sp³-hybridized carbons (Fsp3) is 0.100. The van der Waals surface area contributed by atoms with Crippen molar-refractivity contribution in [3.8, 4) is 33.6 Å². The van der Waals surface area contributed by atoms with E-state index in [1.165, 1.54) is 33.9 Å². The summed E-state index contributed by atoms with van der Waals surface area (Å²) >= 11 is 0. The van der Waals surface area contributed by atoms with Crippen molar-refractivity contribution in [2.75, 3.05) is 0 Å². The van der Waals surface area contributed by atoms with E-state index in [-0.39, 0.29) is 5.82 Å². The molecule has 3 nitrogen and oxygen atoms in total. The summed E-state index contributed by atoms with van der Waals surface area (Å²) in [5.41, 5.74) is 11.3. The zero-order valence-corrected chi connectivity index (χ0v) is 19.3. The standard InChI is InChI=1S/C30H24FN3/c1-17-11-12-18(2)22(13-17)23-15-25-28(14-19(23)3)33-34-30(25)29-16-24-20(8-6-10-27(24)32-29)21-7-4-5-9-26(21)31/h4-16,32H,1-3H3,(H,33,34). The van der Waals surface area contributed by atoms with E-state index < -0.39 is 0 Å². The molecule has 0 fully saturated rings. The highest BCUT2D eigenvalue weighted by Crippen LogP contribution is 2.37. The fourth-order valence-corrected chi connectivity index (χ4v) is 4.89. The third kappa shape index (κ3) is 3.22. The second-order valence-corrected chi connectivity index (χ2v) is 9.03. The third-order valence-corrected chi connectivity index (χ3v) is 6.67. The van der Waals surface area contributed by atoms with Crippen LogP contribution in [0.5, 0.6) is 0 Å². The third-order valence-electron chi connectivity index (χ3n) is 6.67. The molecule has 2 N–H and O–H groups in total. The van der Waals surface area contributed by atoms with Crippen molar-refractivity contribution in [2.45, 2.75) is 20.8 Å². The molecular formula is C30H24FN3. The molecule has 0 saturated carbocycles. The Kier molecular flexibility index (Phi) is 4.63. The van der Waals surface area contributed by atoms with Crippen LogP contribution in [0.15, 0.2) is 78.9 Å². The molecule has 0 unspecified atom stereocenters. The van der Waals surface area contributed by atoms with E-state index in [1.54, 1.807) is 6.07 Å². The highest BCUT2D eigenvalue weighted by molar-refractivity contribution is 6.02. The predicted molar refractivity (Wildman–Crippen MR) is 138 cm³/mol. The number of rotatable bonds is 3. The molecule has 4 heteroatoms. The average Bonchev–Trinajstić information content (AvgIpc) is 3.44. The van der Waals surface area contributed by atoms with Crippen LogP contribution in [0.1, 0.15) is 16.7 Å². The maximum absolute atomic E-state index is 14.6. The van der Waals surface area contributed by atoms with Crippen LogP contribution in [0.2, 0.25) is 0 Å². The number of H-pyrrole nitrogens is 2. The smallest absolute Gasteiger partial charge is 0.131 e. The van der Waals surface area contributed by atoms with Crippen molar-refractivity contribution in [2.24, 2.45) is 0 Å². The lowest BCUT2D eigenvalue weighted by Crippen LogP contribution is -1.89. The highest BCUT2D eigenvalue weighted by Gasteiger charge is 2.17. The van der Waals surface area contributed by atoms with Gasteiger partial charge < -0.3 is 4.98 Å². The summed E-state index contributed by atoms with van der Waals surface area (Å²) in [4.78, 5) is 3.51. The van der Waals surface area contributed by atoms with Crippen LogP contribution < -0.4 is 0 Å². The van der Waals surface area contributed by atoms with Crippen molar-refractivity contribution in [3.05, 3.63) is 101 Å². The maximum atomic E-state index is 14.6. The van der Waals surface area contributed by atoms with Crippen LogP contribution in [-0.4, -0.2) is 15.2 Å². The molecule has 0 aliphatic heterocycles. The zero-order chi connectivity index (χ0) is 23.4. The first-order valence-electron chi connectivity index (χ1n) is 11.4. The molecule has 166 valence electrons. The highest BCUT2D eigenvalue weighted by atomic mass is 19.1. The summed E-state index contributed by atoms with van der Waals surface area (Å²) in [7, 11) is 0. The topological polar surface area (TPSA) is 44.5 Å². The summed E-state index contributed by atoms with van der Waals surface area (Å²) in [6, 6.07) is 25.9. The summed E-state index contributed by atoms with van der Waals surface area (Å²) in [6.07, 6.45) is 0. The molecule has 0 aliphatic rings. The Labute approximate surface area is 197 Å². The lowest BCUT2D eigenvalue weighted by Gasteiger charge is -2.11. The van der Waals surface area contributed by atoms with E-state index in [4.69, 9.17) is 0 Å². The lowest BCUT2D eigenvalue weighted by molar-refractivity contribution is 0.631. The number of aryl methyl sites for hydroxylation is 3. The van der Waals surface area contributed by atoms with Gasteiger partial charge in [-0.1, -0.05) is 54.1 Å². The molecule has 0 saturated heterocycles. The number of aromatic nitrogens is 3. The van der Waals surface area contributed by atoms with Crippen molar-refractivity contribution in [1.29, 1.82) is 0 Å². The second-order valence-electron chi connectivity index (χ2n) is 9.03. The van der Waals surface area contributed by atoms with E-state index in [0.29, 0.717) is 5.56 Å². The Morgan fingerprint density at radius 3 is 2.29 bits per heavy atom. The van der Waals surface area contributed by atoms with E-state index in [9.17, 15) is 4.39 Å². The number of fused-ring (bicyclic) bond motifs is 2. The summed E-state index contributed by atoms with van der Waals surface area (Å²) in [5, 5.41) is 9.90. The first kappa shape index (κ1) is 20.4. The SMILES string of the molecule is Cc1ccc(C)c(-c2cc3c(-c4cc5c(-c6ccccc6F)cccc5[nH]4)n[nH]c3cc2C)c1. The number of hydrogen-bond donors (Lipinski definition) is 2. The van der Waals surface area contributed by atoms with Crippen LogP contribution in [0.25, 0.3) is 55.4 Å². The number of nitrogens with zero attached hydrogens (tertiary/aromatic N) is 1. The van der Waals surface area contributed by atoms with Crippen molar-refractivity contribution >= 4 is 21.8 Å². The molecule has 34 heavy (non-hydrogen) atoms. The average molecular weight is 446 g/mol. The molecule has 0 bridgehead atoms. The van der Waals surface area contributed by atoms with Gasteiger partial charge in [0, 0.05) is 21.9 Å². The molecule has 0 amide bonds. The van der Waals surface area contributed by atoms with Gasteiger partial charge >= 0.3 is 0 Å². The monoisotopic (exact) mass is 445 g/mol. The largest absolute Gasteiger partial charge is 0.353 e. The Hall–Kier alpha value is -4.18.